The van der Waals surface area contributed by atoms with Crippen LogP contribution in [0.2, 0.25) is 0 Å². The van der Waals surface area contributed by atoms with Gasteiger partial charge in [0.25, 0.3) is 0 Å². The van der Waals surface area contributed by atoms with Crippen molar-refractivity contribution in [3.05, 3.63) is 41.5 Å². The summed E-state index contributed by atoms with van der Waals surface area (Å²) in [5.74, 6) is -0.575. The van der Waals surface area contributed by atoms with Crippen LogP contribution < -0.4 is 0 Å². The Morgan fingerprint density at radius 1 is 1.31 bits per heavy atom. The fourth-order valence-electron chi connectivity index (χ4n) is 1.37. The molecule has 0 saturated carbocycles. The van der Waals surface area contributed by atoms with Gasteiger partial charge in [0.1, 0.15) is 18.0 Å². The molecule has 1 aromatic heterocycles. The quantitative estimate of drug-likeness (QED) is 0.759. The molecule has 3 nitrogen and oxygen atoms in total. The van der Waals surface area contributed by atoms with Crippen molar-refractivity contribution in [2.24, 2.45) is 0 Å². The van der Waals surface area contributed by atoms with Crippen LogP contribution in [0.25, 0.3) is 5.69 Å². The summed E-state index contributed by atoms with van der Waals surface area (Å²) in [6.45, 7) is 1.50. The standard InChI is InChI=1S/C10H8ClF2N3/c1-6-2-8(13)9(3-7(6)12)16-5-14-15-10(16)4-11/h2-3,5H,4H2,1H3. The van der Waals surface area contributed by atoms with E-state index >= 15 is 0 Å². The van der Waals surface area contributed by atoms with Crippen molar-refractivity contribution in [2.75, 3.05) is 0 Å². The third-order valence-corrected chi connectivity index (χ3v) is 2.46. The van der Waals surface area contributed by atoms with Crippen LogP contribution >= 0.6 is 11.6 Å². The molecule has 0 spiro atoms. The van der Waals surface area contributed by atoms with Gasteiger partial charge >= 0.3 is 0 Å². The number of benzene rings is 1. The summed E-state index contributed by atoms with van der Waals surface area (Å²) in [6, 6.07) is 2.23. The van der Waals surface area contributed by atoms with Crippen molar-refractivity contribution < 1.29 is 8.78 Å². The Hall–Kier alpha value is -1.49. The predicted molar refractivity (Wildman–Crippen MR) is 55.6 cm³/mol. The van der Waals surface area contributed by atoms with Crippen LogP contribution in [0.3, 0.4) is 0 Å². The maximum atomic E-state index is 13.6. The van der Waals surface area contributed by atoms with Crippen molar-refractivity contribution in [2.45, 2.75) is 12.8 Å². The molecule has 0 radical (unpaired) electrons. The van der Waals surface area contributed by atoms with E-state index in [4.69, 9.17) is 11.6 Å². The first-order valence-electron chi connectivity index (χ1n) is 4.54. The molecule has 0 N–H and O–H groups in total. The van der Waals surface area contributed by atoms with E-state index in [1.807, 2.05) is 0 Å². The largest absolute Gasteiger partial charge is 0.281 e. The molecule has 0 unspecified atom stereocenters. The number of hydrogen-bond acceptors (Lipinski definition) is 2. The molecule has 1 aromatic carbocycles. The first-order chi connectivity index (χ1) is 7.63. The van der Waals surface area contributed by atoms with E-state index in [9.17, 15) is 8.78 Å². The molecule has 6 heteroatoms. The predicted octanol–water partition coefficient (Wildman–Crippen LogP) is 2.59. The van der Waals surface area contributed by atoms with Crippen molar-refractivity contribution >= 4 is 11.6 Å². The zero-order valence-electron chi connectivity index (χ0n) is 8.41. The highest BCUT2D eigenvalue weighted by molar-refractivity contribution is 6.16. The van der Waals surface area contributed by atoms with Crippen molar-refractivity contribution in [1.29, 1.82) is 0 Å². The van der Waals surface area contributed by atoms with E-state index in [2.05, 4.69) is 10.2 Å². The molecule has 0 atom stereocenters. The Bertz CT molecular complexity index is 525. The molecule has 0 amide bonds. The molecule has 1 heterocycles. The topological polar surface area (TPSA) is 30.7 Å². The van der Waals surface area contributed by atoms with Gasteiger partial charge in [-0.3, -0.25) is 4.57 Å². The van der Waals surface area contributed by atoms with Gasteiger partial charge < -0.3 is 0 Å². The van der Waals surface area contributed by atoms with E-state index in [1.165, 1.54) is 17.8 Å². The molecule has 2 rings (SSSR count). The van der Waals surface area contributed by atoms with Gasteiger partial charge in [0, 0.05) is 6.07 Å². The van der Waals surface area contributed by atoms with Crippen LogP contribution in [-0.2, 0) is 5.88 Å². The molecule has 0 saturated heterocycles. The Balaban J connectivity index is 2.60. The average molecular weight is 244 g/mol. The Kier molecular flexibility index (Phi) is 2.87. The summed E-state index contributed by atoms with van der Waals surface area (Å²) < 4.78 is 28.3. The maximum absolute atomic E-state index is 13.6. The minimum Gasteiger partial charge on any atom is -0.281 e. The van der Waals surface area contributed by atoms with Gasteiger partial charge in [0.05, 0.1) is 11.6 Å². The normalized spacial score (nSPS) is 10.8. The number of aromatic nitrogens is 3. The van der Waals surface area contributed by atoms with E-state index in [-0.39, 0.29) is 17.1 Å². The summed E-state index contributed by atoms with van der Waals surface area (Å²) >= 11 is 5.61. The number of rotatable bonds is 2. The minimum atomic E-state index is -0.537. The molecule has 0 aliphatic carbocycles. The van der Waals surface area contributed by atoms with Gasteiger partial charge in [-0.15, -0.1) is 21.8 Å². The monoisotopic (exact) mass is 243 g/mol. The summed E-state index contributed by atoms with van der Waals surface area (Å²) in [7, 11) is 0. The molecule has 2 aromatic rings. The number of aryl methyl sites for hydroxylation is 1. The second kappa shape index (κ2) is 4.17. The zero-order chi connectivity index (χ0) is 11.7. The SMILES string of the molecule is Cc1cc(F)c(-n2cnnc2CCl)cc1F. The van der Waals surface area contributed by atoms with Crippen LogP contribution in [0.15, 0.2) is 18.5 Å². The second-order valence-corrected chi connectivity index (χ2v) is 3.57. The fraction of sp³-hybridized carbons (Fsp3) is 0.200. The highest BCUT2D eigenvalue weighted by atomic mass is 35.5. The molecule has 0 fully saturated rings. The number of alkyl halides is 1. The molecule has 0 aliphatic rings. The average Bonchev–Trinajstić information content (AvgIpc) is 2.71. The van der Waals surface area contributed by atoms with Gasteiger partial charge in [-0.25, -0.2) is 8.78 Å². The van der Waals surface area contributed by atoms with Crippen molar-refractivity contribution in [3.63, 3.8) is 0 Å². The third-order valence-electron chi connectivity index (χ3n) is 2.23. The highest BCUT2D eigenvalue weighted by Gasteiger charge is 2.12. The van der Waals surface area contributed by atoms with E-state index in [0.29, 0.717) is 5.82 Å². The summed E-state index contributed by atoms with van der Waals surface area (Å²) in [4.78, 5) is 0. The van der Waals surface area contributed by atoms with Crippen LogP contribution in [-0.4, -0.2) is 14.8 Å². The Morgan fingerprint density at radius 3 is 2.75 bits per heavy atom. The van der Waals surface area contributed by atoms with E-state index in [1.54, 1.807) is 0 Å². The van der Waals surface area contributed by atoms with Crippen LogP contribution in [0.1, 0.15) is 11.4 Å². The van der Waals surface area contributed by atoms with Crippen molar-refractivity contribution in [3.8, 4) is 5.69 Å². The molecule has 0 bridgehead atoms. The third kappa shape index (κ3) is 1.78. The first kappa shape index (κ1) is 11.0. The number of nitrogens with zero attached hydrogens (tertiary/aromatic N) is 3. The van der Waals surface area contributed by atoms with Gasteiger partial charge in [0.15, 0.2) is 5.82 Å². The lowest BCUT2D eigenvalue weighted by molar-refractivity contribution is 0.584. The maximum Gasteiger partial charge on any atom is 0.152 e. The second-order valence-electron chi connectivity index (χ2n) is 3.30. The lowest BCUT2D eigenvalue weighted by Crippen LogP contribution is -2.02. The fourth-order valence-corrected chi connectivity index (χ4v) is 1.55. The molecule has 16 heavy (non-hydrogen) atoms. The minimum absolute atomic E-state index is 0.0590. The summed E-state index contributed by atoms with van der Waals surface area (Å²) in [5, 5.41) is 7.30. The van der Waals surface area contributed by atoms with Gasteiger partial charge in [-0.05, 0) is 18.6 Å². The van der Waals surface area contributed by atoms with Crippen molar-refractivity contribution in [1.82, 2.24) is 14.8 Å². The zero-order valence-corrected chi connectivity index (χ0v) is 9.17. The molecule has 0 aliphatic heterocycles. The molecular weight excluding hydrogens is 236 g/mol. The van der Waals surface area contributed by atoms with E-state index < -0.39 is 11.6 Å². The Labute approximate surface area is 95.7 Å². The van der Waals surface area contributed by atoms with Gasteiger partial charge in [0.2, 0.25) is 0 Å². The summed E-state index contributed by atoms with van der Waals surface area (Å²) in [6.07, 6.45) is 1.30. The number of hydrogen-bond donors (Lipinski definition) is 0. The summed E-state index contributed by atoms with van der Waals surface area (Å²) in [5.41, 5.74) is 0.311. The number of halogens is 3. The van der Waals surface area contributed by atoms with Gasteiger partial charge in [-0.1, -0.05) is 0 Å². The van der Waals surface area contributed by atoms with Crippen LogP contribution in [0.5, 0.6) is 0 Å². The van der Waals surface area contributed by atoms with Crippen LogP contribution in [0, 0.1) is 18.6 Å². The lowest BCUT2D eigenvalue weighted by Gasteiger charge is -2.07. The lowest BCUT2D eigenvalue weighted by atomic mass is 10.2. The van der Waals surface area contributed by atoms with Gasteiger partial charge in [-0.2, -0.15) is 0 Å². The highest BCUT2D eigenvalue weighted by Crippen LogP contribution is 2.19. The Morgan fingerprint density at radius 2 is 2.06 bits per heavy atom. The van der Waals surface area contributed by atoms with E-state index in [0.717, 1.165) is 12.1 Å². The first-order valence-corrected chi connectivity index (χ1v) is 5.08. The molecule has 84 valence electrons. The van der Waals surface area contributed by atoms with Crippen LogP contribution in [0.4, 0.5) is 8.78 Å². The smallest absolute Gasteiger partial charge is 0.152 e. The molecular formula is C10H8ClF2N3.